The zero-order valence-corrected chi connectivity index (χ0v) is 12.2. The Balaban J connectivity index is 1.66. The topological polar surface area (TPSA) is 72.6 Å². The van der Waals surface area contributed by atoms with Crippen LogP contribution in [0.15, 0.2) is 11.2 Å². The molecule has 1 fully saturated rings. The third-order valence-corrected chi connectivity index (χ3v) is 3.85. The van der Waals surface area contributed by atoms with E-state index in [1.165, 1.54) is 11.8 Å². The van der Waals surface area contributed by atoms with Crippen molar-refractivity contribution >= 4 is 23.6 Å². The van der Waals surface area contributed by atoms with E-state index in [1.807, 2.05) is 19.9 Å². The van der Waals surface area contributed by atoms with E-state index in [0.717, 1.165) is 17.1 Å². The Morgan fingerprint density at radius 3 is 3.00 bits per heavy atom. The first-order chi connectivity index (χ1) is 9.63. The van der Waals surface area contributed by atoms with E-state index in [1.54, 1.807) is 9.42 Å². The second-order valence-corrected chi connectivity index (χ2v) is 5.66. The van der Waals surface area contributed by atoms with Crippen molar-refractivity contribution in [2.75, 3.05) is 25.4 Å². The molecule has 1 saturated heterocycles. The highest BCUT2D eigenvalue weighted by molar-refractivity contribution is 7.99. The van der Waals surface area contributed by atoms with Crippen molar-refractivity contribution in [3.8, 4) is 0 Å². The highest BCUT2D eigenvalue weighted by Crippen LogP contribution is 2.16. The van der Waals surface area contributed by atoms with Gasteiger partial charge in [0.1, 0.15) is 6.61 Å². The van der Waals surface area contributed by atoms with Gasteiger partial charge >= 0.3 is 6.09 Å². The van der Waals surface area contributed by atoms with Crippen LogP contribution >= 0.6 is 11.8 Å². The Kier molecular flexibility index (Phi) is 3.47. The summed E-state index contributed by atoms with van der Waals surface area (Å²) in [5.41, 5.74) is 1.94. The Morgan fingerprint density at radius 1 is 1.40 bits per heavy atom. The quantitative estimate of drug-likeness (QED) is 0.791. The summed E-state index contributed by atoms with van der Waals surface area (Å²) in [4.78, 5) is 21.7. The average Bonchev–Trinajstić information content (AvgIpc) is 2.96. The van der Waals surface area contributed by atoms with E-state index in [-0.39, 0.29) is 6.09 Å². The third kappa shape index (κ3) is 2.55. The lowest BCUT2D eigenvalue weighted by Gasteiger charge is -2.10. The number of hydrogen-bond donors (Lipinski definition) is 0. The van der Waals surface area contributed by atoms with E-state index >= 15 is 0 Å². The molecule has 0 unspecified atom stereocenters. The molecule has 8 heteroatoms. The summed E-state index contributed by atoms with van der Waals surface area (Å²) in [5, 5.41) is 5.09. The third-order valence-electron chi connectivity index (χ3n) is 3.04. The molecule has 0 aliphatic carbocycles. The van der Waals surface area contributed by atoms with Crippen LogP contribution in [0.3, 0.4) is 0 Å². The van der Waals surface area contributed by atoms with Crippen LogP contribution in [-0.2, 0) is 4.74 Å². The first kappa shape index (κ1) is 13.2. The van der Waals surface area contributed by atoms with Gasteiger partial charge in [-0.1, -0.05) is 11.8 Å². The number of ether oxygens (including phenoxy) is 1. The Bertz CT molecular complexity index is 657. The van der Waals surface area contributed by atoms with E-state index in [0.29, 0.717) is 30.6 Å². The maximum absolute atomic E-state index is 11.3. The van der Waals surface area contributed by atoms with Gasteiger partial charge in [0, 0.05) is 23.7 Å². The van der Waals surface area contributed by atoms with E-state index < -0.39 is 0 Å². The maximum atomic E-state index is 11.3. The van der Waals surface area contributed by atoms with Crippen molar-refractivity contribution in [1.82, 2.24) is 24.5 Å². The molecule has 2 aromatic heterocycles. The van der Waals surface area contributed by atoms with Gasteiger partial charge in [-0.3, -0.25) is 0 Å². The normalized spacial score (nSPS) is 15.1. The molecular formula is C12H15N5O2S. The molecule has 7 nitrogen and oxygen atoms in total. The van der Waals surface area contributed by atoms with Crippen LogP contribution in [-0.4, -0.2) is 56.0 Å². The molecule has 0 saturated carbocycles. The van der Waals surface area contributed by atoms with Gasteiger partial charge in [0.15, 0.2) is 0 Å². The number of nitrogens with zero attached hydrogens (tertiary/aromatic N) is 5. The van der Waals surface area contributed by atoms with Gasteiger partial charge in [0.25, 0.3) is 5.78 Å². The van der Waals surface area contributed by atoms with Crippen molar-refractivity contribution in [3.05, 3.63) is 17.5 Å². The van der Waals surface area contributed by atoms with Crippen molar-refractivity contribution < 1.29 is 9.53 Å². The number of fused-ring (bicyclic) bond motifs is 1. The largest absolute Gasteiger partial charge is 0.448 e. The Labute approximate surface area is 120 Å². The van der Waals surface area contributed by atoms with Crippen molar-refractivity contribution in [2.24, 2.45) is 0 Å². The van der Waals surface area contributed by atoms with Crippen LogP contribution < -0.4 is 0 Å². The zero-order valence-electron chi connectivity index (χ0n) is 11.4. The summed E-state index contributed by atoms with van der Waals surface area (Å²) in [7, 11) is 0. The molecule has 0 radical (unpaired) electrons. The van der Waals surface area contributed by atoms with Gasteiger partial charge in [-0.15, -0.1) is 5.10 Å². The van der Waals surface area contributed by atoms with E-state index in [9.17, 15) is 4.79 Å². The van der Waals surface area contributed by atoms with Gasteiger partial charge in [-0.25, -0.2) is 14.3 Å². The summed E-state index contributed by atoms with van der Waals surface area (Å²) in [6.07, 6.45) is -0.235. The fourth-order valence-electron chi connectivity index (χ4n) is 2.09. The van der Waals surface area contributed by atoms with Crippen LogP contribution in [0.25, 0.3) is 5.78 Å². The Morgan fingerprint density at radius 2 is 2.25 bits per heavy atom. The minimum Gasteiger partial charge on any atom is -0.448 e. The molecule has 0 aromatic carbocycles. The molecule has 0 atom stereocenters. The minimum atomic E-state index is -0.235. The Hall–Kier alpha value is -1.83. The zero-order chi connectivity index (χ0) is 14.1. The first-order valence-electron chi connectivity index (χ1n) is 6.39. The molecule has 1 aliphatic heterocycles. The number of aryl methyl sites for hydroxylation is 2. The number of thioether (sulfide) groups is 1. The lowest BCUT2D eigenvalue weighted by Crippen LogP contribution is -2.26. The van der Waals surface area contributed by atoms with Crippen molar-refractivity contribution in [2.45, 2.75) is 19.0 Å². The molecule has 0 bridgehead atoms. The van der Waals surface area contributed by atoms with Gasteiger partial charge in [0.2, 0.25) is 5.16 Å². The number of carbonyl (C=O) groups excluding carboxylic acids is 1. The number of carbonyl (C=O) groups is 1. The molecule has 1 aliphatic rings. The van der Waals surface area contributed by atoms with Crippen molar-refractivity contribution in [1.29, 1.82) is 0 Å². The van der Waals surface area contributed by atoms with Crippen LogP contribution in [0.4, 0.5) is 4.79 Å². The highest BCUT2D eigenvalue weighted by Gasteiger charge is 2.21. The fourth-order valence-corrected chi connectivity index (χ4v) is 2.86. The van der Waals surface area contributed by atoms with Crippen LogP contribution in [0.2, 0.25) is 0 Å². The number of aromatic nitrogens is 4. The van der Waals surface area contributed by atoms with Gasteiger partial charge in [0.05, 0.1) is 6.54 Å². The average molecular weight is 293 g/mol. The standard InChI is InChI=1S/C12H15N5O2S/c1-8-7-9(2)17-10(13-8)14-11(15-17)20-6-4-16-3-5-19-12(16)18/h7H,3-6H2,1-2H3. The summed E-state index contributed by atoms with van der Waals surface area (Å²) in [5.74, 6) is 1.36. The molecular weight excluding hydrogens is 278 g/mol. The number of rotatable bonds is 4. The van der Waals surface area contributed by atoms with Crippen LogP contribution in [0.1, 0.15) is 11.4 Å². The summed E-state index contributed by atoms with van der Waals surface area (Å²) >= 11 is 1.52. The molecule has 20 heavy (non-hydrogen) atoms. The molecule has 3 heterocycles. The first-order valence-corrected chi connectivity index (χ1v) is 7.37. The van der Waals surface area contributed by atoms with Crippen molar-refractivity contribution in [3.63, 3.8) is 0 Å². The van der Waals surface area contributed by atoms with Gasteiger partial charge in [-0.2, -0.15) is 4.98 Å². The number of cyclic esters (lactones) is 1. The maximum Gasteiger partial charge on any atom is 0.409 e. The smallest absolute Gasteiger partial charge is 0.409 e. The molecule has 1 amide bonds. The van der Waals surface area contributed by atoms with E-state index in [2.05, 4.69) is 15.1 Å². The van der Waals surface area contributed by atoms with Crippen LogP contribution in [0.5, 0.6) is 0 Å². The fraction of sp³-hybridized carbons (Fsp3) is 0.500. The van der Waals surface area contributed by atoms with Gasteiger partial charge in [-0.05, 0) is 19.9 Å². The lowest BCUT2D eigenvalue weighted by molar-refractivity contribution is 0.160. The predicted molar refractivity (Wildman–Crippen MR) is 73.9 cm³/mol. The number of hydrogen-bond acceptors (Lipinski definition) is 6. The minimum absolute atomic E-state index is 0.235. The highest BCUT2D eigenvalue weighted by atomic mass is 32.2. The molecule has 0 N–H and O–H groups in total. The van der Waals surface area contributed by atoms with Gasteiger partial charge < -0.3 is 9.64 Å². The lowest BCUT2D eigenvalue weighted by atomic mass is 10.4. The SMILES string of the molecule is Cc1cc(C)n2nc(SCCN3CCOC3=O)nc2n1. The molecule has 106 valence electrons. The second kappa shape index (κ2) is 5.28. The van der Waals surface area contributed by atoms with Crippen LogP contribution in [0, 0.1) is 13.8 Å². The summed E-state index contributed by atoms with van der Waals surface area (Å²) in [6.45, 7) is 5.71. The number of amides is 1. The van der Waals surface area contributed by atoms with E-state index in [4.69, 9.17) is 4.74 Å². The summed E-state index contributed by atoms with van der Waals surface area (Å²) < 4.78 is 6.61. The summed E-state index contributed by atoms with van der Waals surface area (Å²) in [6, 6.07) is 1.97. The molecule has 3 rings (SSSR count). The second-order valence-electron chi connectivity index (χ2n) is 4.59. The molecule has 0 spiro atoms. The monoisotopic (exact) mass is 293 g/mol. The predicted octanol–water partition coefficient (Wildman–Crippen LogP) is 1.29. The molecule has 2 aromatic rings.